The van der Waals surface area contributed by atoms with Crippen LogP contribution >= 0.6 is 0 Å². The lowest BCUT2D eigenvalue weighted by molar-refractivity contribution is -0.152. The molecule has 0 radical (unpaired) electrons. The van der Waals surface area contributed by atoms with Gasteiger partial charge in [0.15, 0.2) is 11.9 Å². The first-order valence-electron chi connectivity index (χ1n) is 9.09. The molecule has 150 valence electrons. The predicted molar refractivity (Wildman–Crippen MR) is 106 cm³/mol. The lowest BCUT2D eigenvalue weighted by Gasteiger charge is -2.13. The standard InChI is InChI=1S/C21H21N3O5/c1-13-10-18(24-29-13)23-21(27)14(2)28-20(26)12-22-19(25)11-16-8-5-7-15-6-3-4-9-17(15)16/h3-10,14H,11-12H2,1-2H3,(H,22,25)(H,23,24,27)/t14-/m1/s1. The average Bonchev–Trinajstić information content (AvgIpc) is 3.11. The molecule has 3 rings (SSSR count). The lowest BCUT2D eigenvalue weighted by Crippen LogP contribution is -2.36. The van der Waals surface area contributed by atoms with Crippen LogP contribution in [0.25, 0.3) is 10.8 Å². The molecule has 1 atom stereocenters. The molecule has 1 heterocycles. The van der Waals surface area contributed by atoms with Crippen LogP contribution in [0.3, 0.4) is 0 Å². The number of anilines is 1. The van der Waals surface area contributed by atoms with Crippen molar-refractivity contribution in [2.45, 2.75) is 26.4 Å². The van der Waals surface area contributed by atoms with Gasteiger partial charge in [-0.1, -0.05) is 47.6 Å². The Kier molecular flexibility index (Phi) is 6.23. The number of hydrogen-bond acceptors (Lipinski definition) is 6. The van der Waals surface area contributed by atoms with Crippen molar-refractivity contribution in [3.05, 3.63) is 59.9 Å². The Balaban J connectivity index is 1.47. The van der Waals surface area contributed by atoms with E-state index >= 15 is 0 Å². The van der Waals surface area contributed by atoms with Crippen molar-refractivity contribution in [3.8, 4) is 0 Å². The summed E-state index contributed by atoms with van der Waals surface area (Å²) in [6, 6.07) is 15.0. The van der Waals surface area contributed by atoms with Crippen molar-refractivity contribution in [2.75, 3.05) is 11.9 Å². The van der Waals surface area contributed by atoms with Crippen molar-refractivity contribution >= 4 is 34.4 Å². The molecule has 3 aromatic rings. The van der Waals surface area contributed by atoms with Crippen LogP contribution < -0.4 is 10.6 Å². The number of hydrogen-bond donors (Lipinski definition) is 2. The third-order valence-corrected chi connectivity index (χ3v) is 4.22. The molecule has 29 heavy (non-hydrogen) atoms. The van der Waals surface area contributed by atoms with Crippen molar-refractivity contribution in [3.63, 3.8) is 0 Å². The molecule has 0 fully saturated rings. The van der Waals surface area contributed by atoms with Crippen LogP contribution in [-0.4, -0.2) is 35.6 Å². The van der Waals surface area contributed by atoms with E-state index in [-0.39, 0.29) is 24.7 Å². The zero-order chi connectivity index (χ0) is 20.8. The third kappa shape index (κ3) is 5.41. The summed E-state index contributed by atoms with van der Waals surface area (Å²) in [6.07, 6.45) is -0.912. The van der Waals surface area contributed by atoms with Gasteiger partial charge in [0.25, 0.3) is 5.91 Å². The predicted octanol–water partition coefficient (Wildman–Crippen LogP) is 2.37. The molecule has 8 nitrogen and oxygen atoms in total. The highest BCUT2D eigenvalue weighted by molar-refractivity contribution is 5.95. The van der Waals surface area contributed by atoms with Gasteiger partial charge >= 0.3 is 5.97 Å². The summed E-state index contributed by atoms with van der Waals surface area (Å²) in [7, 11) is 0. The third-order valence-electron chi connectivity index (χ3n) is 4.22. The smallest absolute Gasteiger partial charge is 0.326 e. The van der Waals surface area contributed by atoms with E-state index in [0.29, 0.717) is 5.76 Å². The first-order chi connectivity index (χ1) is 13.9. The van der Waals surface area contributed by atoms with Gasteiger partial charge in [-0.2, -0.15) is 0 Å². The largest absolute Gasteiger partial charge is 0.451 e. The van der Waals surface area contributed by atoms with Crippen molar-refractivity contribution < 1.29 is 23.6 Å². The van der Waals surface area contributed by atoms with E-state index in [2.05, 4.69) is 15.8 Å². The van der Waals surface area contributed by atoms with Crippen LogP contribution in [0.2, 0.25) is 0 Å². The number of nitrogens with zero attached hydrogens (tertiary/aromatic N) is 1. The SMILES string of the molecule is Cc1cc(NC(=O)[C@@H](C)OC(=O)CNC(=O)Cc2cccc3ccccc23)no1. The molecule has 8 heteroatoms. The van der Waals surface area contributed by atoms with Crippen LogP contribution in [0.4, 0.5) is 5.82 Å². The number of esters is 1. The molecule has 0 bridgehead atoms. The number of benzene rings is 2. The molecule has 0 unspecified atom stereocenters. The van der Waals surface area contributed by atoms with E-state index in [0.717, 1.165) is 16.3 Å². The molecular weight excluding hydrogens is 374 g/mol. The first kappa shape index (κ1) is 20.1. The normalized spacial score (nSPS) is 11.7. The molecule has 2 N–H and O–H groups in total. The van der Waals surface area contributed by atoms with E-state index in [4.69, 9.17) is 9.26 Å². The number of aromatic nitrogens is 1. The lowest BCUT2D eigenvalue weighted by atomic mass is 10.0. The van der Waals surface area contributed by atoms with Crippen LogP contribution in [0.5, 0.6) is 0 Å². The summed E-state index contributed by atoms with van der Waals surface area (Å²) < 4.78 is 9.88. The van der Waals surface area contributed by atoms with Gasteiger partial charge < -0.3 is 19.9 Å². The highest BCUT2D eigenvalue weighted by Crippen LogP contribution is 2.18. The van der Waals surface area contributed by atoms with Crippen LogP contribution in [0.15, 0.2) is 53.1 Å². The first-order valence-corrected chi connectivity index (χ1v) is 9.09. The molecule has 0 aliphatic heterocycles. The highest BCUT2D eigenvalue weighted by atomic mass is 16.5. The van der Waals surface area contributed by atoms with Gasteiger partial charge in [-0.25, -0.2) is 0 Å². The van der Waals surface area contributed by atoms with Crippen molar-refractivity contribution in [1.29, 1.82) is 0 Å². The number of fused-ring (bicyclic) bond motifs is 1. The zero-order valence-corrected chi connectivity index (χ0v) is 16.1. The highest BCUT2D eigenvalue weighted by Gasteiger charge is 2.19. The molecule has 1 aromatic heterocycles. The maximum atomic E-state index is 12.2. The summed E-state index contributed by atoms with van der Waals surface area (Å²) in [6.45, 7) is 2.79. The fraction of sp³-hybridized carbons (Fsp3) is 0.238. The quantitative estimate of drug-likeness (QED) is 0.594. The molecule has 2 aromatic carbocycles. The number of ether oxygens (including phenoxy) is 1. The summed E-state index contributed by atoms with van der Waals surface area (Å²) >= 11 is 0. The van der Waals surface area contributed by atoms with Gasteiger partial charge in [-0.05, 0) is 30.2 Å². The zero-order valence-electron chi connectivity index (χ0n) is 16.1. The van der Waals surface area contributed by atoms with Gasteiger partial charge in [0.2, 0.25) is 5.91 Å². The second-order valence-electron chi connectivity index (χ2n) is 6.54. The monoisotopic (exact) mass is 395 g/mol. The topological polar surface area (TPSA) is 111 Å². The summed E-state index contributed by atoms with van der Waals surface area (Å²) in [5, 5.41) is 10.7. The van der Waals surface area contributed by atoms with E-state index in [1.165, 1.54) is 6.92 Å². The van der Waals surface area contributed by atoms with E-state index in [1.807, 2.05) is 42.5 Å². The van der Waals surface area contributed by atoms with E-state index in [1.54, 1.807) is 13.0 Å². The number of aryl methyl sites for hydroxylation is 1. The molecule has 0 saturated heterocycles. The second-order valence-corrected chi connectivity index (χ2v) is 6.54. The Morgan fingerprint density at radius 1 is 1.14 bits per heavy atom. The minimum absolute atomic E-state index is 0.135. The molecule has 2 amide bonds. The Bertz CT molecular complexity index is 1040. The van der Waals surface area contributed by atoms with Gasteiger partial charge in [-0.3, -0.25) is 14.4 Å². The molecule has 0 saturated carbocycles. The molecule has 0 aliphatic rings. The van der Waals surface area contributed by atoms with Crippen LogP contribution in [0, 0.1) is 6.92 Å². The maximum Gasteiger partial charge on any atom is 0.326 e. The second kappa shape index (κ2) is 9.01. The Morgan fingerprint density at radius 3 is 2.66 bits per heavy atom. The number of carbonyl (C=O) groups excluding carboxylic acids is 3. The number of amides is 2. The van der Waals surface area contributed by atoms with Gasteiger partial charge in [0, 0.05) is 6.07 Å². The summed E-state index contributed by atoms with van der Waals surface area (Å²) in [4.78, 5) is 36.1. The molecule has 0 spiro atoms. The minimum atomic E-state index is -1.05. The van der Waals surface area contributed by atoms with Gasteiger partial charge in [-0.15, -0.1) is 0 Å². The van der Waals surface area contributed by atoms with Crippen molar-refractivity contribution in [1.82, 2.24) is 10.5 Å². The molecule has 0 aliphatic carbocycles. The van der Waals surface area contributed by atoms with Gasteiger partial charge in [0.05, 0.1) is 6.42 Å². The number of carbonyl (C=O) groups is 3. The Hall–Kier alpha value is -3.68. The van der Waals surface area contributed by atoms with Gasteiger partial charge in [0.1, 0.15) is 12.3 Å². The fourth-order valence-corrected chi connectivity index (χ4v) is 2.80. The number of rotatable bonds is 7. The summed E-state index contributed by atoms with van der Waals surface area (Å²) in [5.41, 5.74) is 0.865. The maximum absolute atomic E-state index is 12.2. The average molecular weight is 395 g/mol. The molecular formula is C21H21N3O5. The summed E-state index contributed by atoms with van der Waals surface area (Å²) in [5.74, 6) is -0.796. The minimum Gasteiger partial charge on any atom is -0.451 e. The number of nitrogens with one attached hydrogen (secondary N) is 2. The van der Waals surface area contributed by atoms with Crippen LogP contribution in [0.1, 0.15) is 18.2 Å². The van der Waals surface area contributed by atoms with E-state index < -0.39 is 18.0 Å². The van der Waals surface area contributed by atoms with Crippen LogP contribution in [-0.2, 0) is 25.5 Å². The Morgan fingerprint density at radius 2 is 1.90 bits per heavy atom. The van der Waals surface area contributed by atoms with Crippen molar-refractivity contribution in [2.24, 2.45) is 0 Å². The Labute approximate surface area is 167 Å². The van der Waals surface area contributed by atoms with E-state index in [9.17, 15) is 14.4 Å². The fourth-order valence-electron chi connectivity index (χ4n) is 2.80.